The van der Waals surface area contributed by atoms with E-state index >= 15 is 0 Å². The lowest BCUT2D eigenvalue weighted by atomic mass is 10.1. The molecule has 0 fully saturated rings. The van der Waals surface area contributed by atoms with Gasteiger partial charge in [0.2, 0.25) is 0 Å². The summed E-state index contributed by atoms with van der Waals surface area (Å²) in [5, 5.41) is 0. The fourth-order valence-corrected chi connectivity index (χ4v) is 5.20. The molecule has 294 valence electrons. The van der Waals surface area contributed by atoms with Gasteiger partial charge in [0, 0.05) is 19.3 Å². The van der Waals surface area contributed by atoms with Crippen LogP contribution in [0, 0.1) is 0 Å². The number of hydrogen-bond acceptors (Lipinski definition) is 6. The zero-order valence-electron chi connectivity index (χ0n) is 33.3. The highest BCUT2D eigenvalue weighted by atomic mass is 16.6. The molecule has 0 aliphatic rings. The van der Waals surface area contributed by atoms with Gasteiger partial charge in [-0.25, -0.2) is 0 Å². The third kappa shape index (κ3) is 37.8. The van der Waals surface area contributed by atoms with Gasteiger partial charge in [-0.3, -0.25) is 14.4 Å². The summed E-state index contributed by atoms with van der Waals surface area (Å²) in [6, 6.07) is 0. The molecule has 0 radical (unpaired) electrons. The first-order valence-electron chi connectivity index (χ1n) is 20.7. The van der Waals surface area contributed by atoms with Crippen LogP contribution in [0.3, 0.4) is 0 Å². The molecule has 0 aromatic rings. The summed E-state index contributed by atoms with van der Waals surface area (Å²) in [7, 11) is 0. The van der Waals surface area contributed by atoms with Crippen LogP contribution in [0.2, 0.25) is 0 Å². The molecule has 0 rings (SSSR count). The summed E-state index contributed by atoms with van der Waals surface area (Å²) in [6.45, 7) is 6.25. The fourth-order valence-electron chi connectivity index (χ4n) is 5.20. The van der Waals surface area contributed by atoms with Gasteiger partial charge in [0.25, 0.3) is 0 Å². The van der Waals surface area contributed by atoms with Crippen LogP contribution in [0.4, 0.5) is 0 Å². The molecule has 0 N–H and O–H groups in total. The van der Waals surface area contributed by atoms with E-state index in [-0.39, 0.29) is 31.1 Å². The molecule has 0 spiro atoms. The summed E-state index contributed by atoms with van der Waals surface area (Å²) in [6.07, 6.45) is 50.0. The molecule has 6 nitrogen and oxygen atoms in total. The Balaban J connectivity index is 4.49. The summed E-state index contributed by atoms with van der Waals surface area (Å²) >= 11 is 0. The van der Waals surface area contributed by atoms with Gasteiger partial charge in [0.1, 0.15) is 13.2 Å². The minimum absolute atomic E-state index is 0.108. The molecule has 0 aliphatic carbocycles. The van der Waals surface area contributed by atoms with Crippen molar-refractivity contribution in [3.8, 4) is 0 Å². The number of allylic oxidation sites excluding steroid dienone is 14. The van der Waals surface area contributed by atoms with Crippen LogP contribution in [0.1, 0.15) is 168 Å². The first-order valence-corrected chi connectivity index (χ1v) is 20.7. The van der Waals surface area contributed by atoms with E-state index in [1.807, 2.05) is 48.6 Å². The maximum atomic E-state index is 12.6. The Labute approximate surface area is 318 Å². The molecule has 1 unspecified atom stereocenters. The van der Waals surface area contributed by atoms with Crippen LogP contribution in [0.5, 0.6) is 0 Å². The quantitative estimate of drug-likeness (QED) is 0.0213. The van der Waals surface area contributed by atoms with Crippen LogP contribution in [0.15, 0.2) is 85.1 Å². The van der Waals surface area contributed by atoms with E-state index in [2.05, 4.69) is 57.2 Å². The summed E-state index contributed by atoms with van der Waals surface area (Å²) < 4.78 is 16.5. The minimum Gasteiger partial charge on any atom is -0.462 e. The van der Waals surface area contributed by atoms with Gasteiger partial charge in [-0.2, -0.15) is 0 Å². The molecule has 0 amide bonds. The average molecular weight is 723 g/mol. The van der Waals surface area contributed by atoms with Crippen molar-refractivity contribution in [1.29, 1.82) is 0 Å². The van der Waals surface area contributed by atoms with Crippen molar-refractivity contribution in [1.82, 2.24) is 0 Å². The standard InChI is InChI=1S/C46H74O6/c1-4-7-10-13-16-19-21-22-23-24-25-28-30-33-36-39-45(48)51-42-43(41-50-44(47)38-35-32-29-26-18-15-12-9-6-3)52-46(49)40-37-34-31-27-20-17-14-11-8-5-2/h7,9-10,12-13,16,18-19,21-26,43H,4-6,8,11,14-15,17,20,27-42H2,1-3H3/b10-7-,12-9-,16-13-,21-19-,23-22-,25-24-,26-18-. The highest BCUT2D eigenvalue weighted by Crippen LogP contribution is 2.13. The predicted octanol–water partition coefficient (Wildman–Crippen LogP) is 12.9. The fraction of sp³-hybridized carbons (Fsp3) is 0.630. The van der Waals surface area contributed by atoms with Gasteiger partial charge in [0.15, 0.2) is 6.10 Å². The van der Waals surface area contributed by atoms with Crippen molar-refractivity contribution in [3.05, 3.63) is 85.1 Å². The maximum Gasteiger partial charge on any atom is 0.306 e. The summed E-state index contributed by atoms with van der Waals surface area (Å²) in [5.41, 5.74) is 0. The Morgan fingerprint density at radius 2 is 0.846 bits per heavy atom. The monoisotopic (exact) mass is 723 g/mol. The Kier molecular flexibility index (Phi) is 37.7. The molecule has 0 saturated heterocycles. The Morgan fingerprint density at radius 3 is 1.42 bits per heavy atom. The Morgan fingerprint density at radius 1 is 0.423 bits per heavy atom. The van der Waals surface area contributed by atoms with Crippen LogP contribution < -0.4 is 0 Å². The third-order valence-corrected chi connectivity index (χ3v) is 8.27. The normalized spacial score (nSPS) is 12.9. The first-order chi connectivity index (χ1) is 25.5. The minimum atomic E-state index is -0.801. The molecule has 0 saturated carbocycles. The number of rotatable bonds is 35. The topological polar surface area (TPSA) is 78.9 Å². The van der Waals surface area contributed by atoms with Crippen molar-refractivity contribution < 1.29 is 28.6 Å². The molecule has 6 heteroatoms. The van der Waals surface area contributed by atoms with E-state index in [0.717, 1.165) is 83.5 Å². The second-order valence-corrected chi connectivity index (χ2v) is 13.3. The highest BCUT2D eigenvalue weighted by molar-refractivity contribution is 5.71. The van der Waals surface area contributed by atoms with E-state index in [9.17, 15) is 14.4 Å². The molecule has 0 heterocycles. The molecule has 1 atom stereocenters. The van der Waals surface area contributed by atoms with Crippen molar-refractivity contribution in [3.63, 3.8) is 0 Å². The maximum absolute atomic E-state index is 12.6. The molecule has 0 bridgehead atoms. The van der Waals surface area contributed by atoms with Gasteiger partial charge in [-0.15, -0.1) is 0 Å². The number of esters is 3. The predicted molar refractivity (Wildman–Crippen MR) is 219 cm³/mol. The SMILES string of the molecule is CC\C=C/C=C\C=C/C=C\C=C/CCCCCC(=O)OCC(COC(=O)CCCC/C=C\C/C=C\CC)OC(=O)CCCCCCCCCCCC. The van der Waals surface area contributed by atoms with E-state index in [0.29, 0.717) is 19.3 Å². The van der Waals surface area contributed by atoms with Gasteiger partial charge < -0.3 is 14.2 Å². The number of carbonyl (C=O) groups excluding carboxylic acids is 3. The Bertz CT molecular complexity index is 1060. The number of unbranched alkanes of at least 4 members (excludes halogenated alkanes) is 14. The lowest BCUT2D eigenvalue weighted by molar-refractivity contribution is -0.167. The van der Waals surface area contributed by atoms with Crippen molar-refractivity contribution in [2.24, 2.45) is 0 Å². The van der Waals surface area contributed by atoms with Crippen LogP contribution in [-0.4, -0.2) is 37.2 Å². The molecular formula is C46H74O6. The number of ether oxygens (including phenoxy) is 3. The van der Waals surface area contributed by atoms with E-state index in [1.54, 1.807) is 0 Å². The van der Waals surface area contributed by atoms with E-state index in [4.69, 9.17) is 14.2 Å². The number of hydrogen-bond donors (Lipinski definition) is 0. The van der Waals surface area contributed by atoms with Crippen molar-refractivity contribution >= 4 is 17.9 Å². The van der Waals surface area contributed by atoms with Gasteiger partial charge in [-0.05, 0) is 64.2 Å². The average Bonchev–Trinajstić information content (AvgIpc) is 3.14. The molecule has 0 aliphatic heterocycles. The zero-order valence-corrected chi connectivity index (χ0v) is 33.3. The largest absolute Gasteiger partial charge is 0.462 e. The van der Waals surface area contributed by atoms with Crippen LogP contribution in [0.25, 0.3) is 0 Å². The van der Waals surface area contributed by atoms with Crippen LogP contribution >= 0.6 is 0 Å². The van der Waals surface area contributed by atoms with Crippen molar-refractivity contribution in [2.75, 3.05) is 13.2 Å². The highest BCUT2D eigenvalue weighted by Gasteiger charge is 2.19. The van der Waals surface area contributed by atoms with Crippen molar-refractivity contribution in [2.45, 2.75) is 175 Å². The molecular weight excluding hydrogens is 648 g/mol. The number of carbonyl (C=O) groups is 3. The summed E-state index contributed by atoms with van der Waals surface area (Å²) in [4.78, 5) is 37.5. The first kappa shape index (κ1) is 48.6. The smallest absolute Gasteiger partial charge is 0.306 e. The lowest BCUT2D eigenvalue weighted by Crippen LogP contribution is -2.30. The third-order valence-electron chi connectivity index (χ3n) is 8.27. The van der Waals surface area contributed by atoms with Gasteiger partial charge in [-0.1, -0.05) is 170 Å². The summed E-state index contributed by atoms with van der Waals surface area (Å²) in [5.74, 6) is -0.997. The van der Waals surface area contributed by atoms with Gasteiger partial charge in [0.05, 0.1) is 0 Å². The second-order valence-electron chi connectivity index (χ2n) is 13.3. The molecule has 52 heavy (non-hydrogen) atoms. The van der Waals surface area contributed by atoms with Gasteiger partial charge >= 0.3 is 17.9 Å². The van der Waals surface area contributed by atoms with E-state index in [1.165, 1.54) is 44.9 Å². The molecule has 0 aromatic carbocycles. The zero-order chi connectivity index (χ0) is 38.0. The van der Waals surface area contributed by atoms with E-state index < -0.39 is 6.10 Å². The Hall–Kier alpha value is -3.41. The second kappa shape index (κ2) is 40.4. The molecule has 0 aromatic heterocycles. The lowest BCUT2D eigenvalue weighted by Gasteiger charge is -2.18. The van der Waals surface area contributed by atoms with Crippen LogP contribution in [-0.2, 0) is 28.6 Å².